The van der Waals surface area contributed by atoms with Crippen molar-refractivity contribution < 1.29 is 30.2 Å². The van der Waals surface area contributed by atoms with Crippen LogP contribution in [0.3, 0.4) is 0 Å². The van der Waals surface area contributed by atoms with E-state index in [0.717, 1.165) is 48.8 Å². The molecule has 13 heteroatoms. The molecule has 236 valence electrons. The molecule has 6 rings (SSSR count). The van der Waals surface area contributed by atoms with Gasteiger partial charge >= 0.3 is 270 Å². The predicted molar refractivity (Wildman–Crippen MR) is 179 cm³/mol. The third kappa shape index (κ3) is 6.66. The second-order valence-electron chi connectivity index (χ2n) is 10.9. The van der Waals surface area contributed by atoms with Crippen LogP contribution in [0.5, 0.6) is 0 Å². The quantitative estimate of drug-likeness (QED) is 0.0887. The number of fused-ring (bicyclic) bond motifs is 6. The zero-order chi connectivity index (χ0) is 31.8. The third-order valence-corrected chi connectivity index (χ3v) is 12.1. The molecule has 0 amide bonds. The Kier molecular flexibility index (Phi) is 9.04. The Bertz CT molecular complexity index is 2150. The number of rotatable bonds is 12. The summed E-state index contributed by atoms with van der Waals surface area (Å²) >= 11 is -0.102. The predicted octanol–water partition coefficient (Wildman–Crippen LogP) is 3.94. The molecule has 1 aliphatic rings. The molecule has 0 saturated heterocycles. The maximum absolute atomic E-state index is 12.5. The maximum atomic E-state index is 12.5. The van der Waals surface area contributed by atoms with Gasteiger partial charge in [-0.25, -0.2) is 0 Å². The minimum absolute atomic E-state index is 0.102. The third-order valence-electron chi connectivity index (χ3n) is 7.88. The van der Waals surface area contributed by atoms with E-state index in [9.17, 15) is 21.4 Å². The van der Waals surface area contributed by atoms with Crippen molar-refractivity contribution >= 4 is 83.5 Å². The van der Waals surface area contributed by atoms with Gasteiger partial charge in [-0.1, -0.05) is 0 Å². The number of aryl methyl sites for hydroxylation is 1. The summed E-state index contributed by atoms with van der Waals surface area (Å²) in [6.07, 6.45) is 2.67. The van der Waals surface area contributed by atoms with Gasteiger partial charge in [0, 0.05) is 0 Å². The van der Waals surface area contributed by atoms with Crippen molar-refractivity contribution in [1.29, 1.82) is 0 Å². The number of nitrogens with zero attached hydrogens (tertiary/aromatic N) is 3. The van der Waals surface area contributed by atoms with E-state index in [1.807, 2.05) is 31.3 Å². The Morgan fingerprint density at radius 1 is 0.911 bits per heavy atom. The van der Waals surface area contributed by atoms with Crippen LogP contribution in [-0.4, -0.2) is 67.5 Å². The second-order valence-corrected chi connectivity index (χ2v) is 16.3. The van der Waals surface area contributed by atoms with Crippen LogP contribution in [0.25, 0.3) is 37.4 Å². The van der Waals surface area contributed by atoms with Crippen molar-refractivity contribution in [2.75, 3.05) is 41.4 Å². The van der Waals surface area contributed by atoms with E-state index in [2.05, 4.69) is 74.5 Å². The normalized spacial score (nSPS) is 14.8. The van der Waals surface area contributed by atoms with Crippen LogP contribution < -0.4 is 19.8 Å². The monoisotopic (exact) mass is 714 g/mol. The number of nitrogens with one attached hydrogen (secondary N) is 1. The Labute approximate surface area is 269 Å². The summed E-state index contributed by atoms with van der Waals surface area (Å²) in [6, 6.07) is 24.7. The first-order chi connectivity index (χ1) is 21.6. The van der Waals surface area contributed by atoms with Crippen LogP contribution in [-0.2, 0) is 31.1 Å². The fraction of sp³-hybridized carbons (Fsp3) is 0.281. The Hall–Kier alpha value is -3.29. The fourth-order valence-corrected chi connectivity index (χ4v) is 9.65. The van der Waals surface area contributed by atoms with Gasteiger partial charge in [-0.05, 0) is 0 Å². The second kappa shape index (κ2) is 12.8. The van der Waals surface area contributed by atoms with E-state index in [1.54, 1.807) is 6.92 Å². The van der Waals surface area contributed by atoms with Gasteiger partial charge in [0.15, 0.2) is 0 Å². The van der Waals surface area contributed by atoms with E-state index >= 15 is 0 Å². The van der Waals surface area contributed by atoms with Crippen molar-refractivity contribution in [3.8, 4) is 0 Å². The molecular formula is C32H34N4O6S2Se. The molecule has 45 heavy (non-hydrogen) atoms. The van der Waals surface area contributed by atoms with Gasteiger partial charge in [-0.15, -0.1) is 0 Å². The SMILES string of the molecule is CCNOS(=O)(=O)CCCN1C(=Cc2[se]c3ccc4ccccc4c3[n+]2CCCS(=O)(=O)[O-])N(C)c2ccc3ccccc3c21. The average Bonchev–Trinajstić information content (AvgIpc) is 3.50. The van der Waals surface area contributed by atoms with Crippen LogP contribution in [0.4, 0.5) is 11.4 Å². The number of hydrogen-bond acceptors (Lipinski definition) is 9. The summed E-state index contributed by atoms with van der Waals surface area (Å²) in [5.74, 6) is 0.302. The Morgan fingerprint density at radius 3 is 2.33 bits per heavy atom. The van der Waals surface area contributed by atoms with Crippen LogP contribution in [0.2, 0.25) is 0 Å². The van der Waals surface area contributed by atoms with Gasteiger partial charge in [0.2, 0.25) is 0 Å². The van der Waals surface area contributed by atoms with E-state index in [1.165, 1.54) is 4.26 Å². The molecule has 0 aliphatic carbocycles. The molecule has 0 unspecified atom stereocenters. The summed E-state index contributed by atoms with van der Waals surface area (Å²) < 4.78 is 68.8. The number of anilines is 2. The van der Waals surface area contributed by atoms with Gasteiger partial charge < -0.3 is 0 Å². The number of hydrogen-bond donors (Lipinski definition) is 1. The van der Waals surface area contributed by atoms with E-state index in [-0.39, 0.29) is 26.7 Å². The summed E-state index contributed by atoms with van der Waals surface area (Å²) in [4.78, 5) is 4.29. The first-order valence-corrected chi connectivity index (χ1v) is 19.6. The molecule has 0 radical (unpaired) electrons. The molecule has 1 aromatic heterocycles. The first-order valence-electron chi connectivity index (χ1n) is 14.7. The number of aromatic nitrogens is 1. The van der Waals surface area contributed by atoms with Gasteiger partial charge in [0.1, 0.15) is 0 Å². The fourth-order valence-electron chi connectivity index (χ4n) is 5.92. The molecule has 0 saturated carbocycles. The van der Waals surface area contributed by atoms with Crippen molar-refractivity contribution in [3.05, 3.63) is 83.2 Å². The summed E-state index contributed by atoms with van der Waals surface area (Å²) in [5, 5.41) is 4.30. The van der Waals surface area contributed by atoms with Crippen LogP contribution in [0.15, 0.2) is 78.6 Å². The van der Waals surface area contributed by atoms with E-state index < -0.39 is 26.0 Å². The van der Waals surface area contributed by atoms with Crippen LogP contribution in [0.1, 0.15) is 24.3 Å². The first kappa shape index (κ1) is 31.7. The zero-order valence-electron chi connectivity index (χ0n) is 25.0. The van der Waals surface area contributed by atoms with E-state index in [0.29, 0.717) is 26.1 Å². The standard InChI is InChI=1S/C32H34N4O6S2Se/c1-3-33-42-44(40,41)21-9-18-35-29(34(2)27-16-14-23-10-4-6-12-25(23)31(27)35)22-30-36(19-8-20-43(37,38)39)32-26-13-7-5-11-24(26)15-17-28(32)45-30/h4-7,10-17,22,33H,3,8-9,18-21H2,1-2H3. The molecule has 2 heterocycles. The molecule has 10 nitrogen and oxygen atoms in total. The summed E-state index contributed by atoms with van der Waals surface area (Å²) in [6.45, 7) is 2.94. The van der Waals surface area contributed by atoms with Crippen molar-refractivity contribution in [2.45, 2.75) is 26.3 Å². The minimum atomic E-state index is -4.36. The summed E-state index contributed by atoms with van der Waals surface area (Å²) in [5.41, 5.74) is 5.49. The van der Waals surface area contributed by atoms with Crippen molar-refractivity contribution in [3.63, 3.8) is 0 Å². The Balaban J connectivity index is 1.47. The number of benzene rings is 4. The van der Waals surface area contributed by atoms with Gasteiger partial charge in [-0.2, -0.15) is 0 Å². The molecular weight excluding hydrogens is 679 g/mol. The van der Waals surface area contributed by atoms with Gasteiger partial charge in [-0.3, -0.25) is 0 Å². The molecule has 1 N–H and O–H groups in total. The molecule has 5 aromatic rings. The van der Waals surface area contributed by atoms with Crippen LogP contribution >= 0.6 is 0 Å². The van der Waals surface area contributed by atoms with Crippen molar-refractivity contribution in [2.24, 2.45) is 0 Å². The van der Waals surface area contributed by atoms with E-state index in [4.69, 9.17) is 4.28 Å². The molecule has 0 atom stereocenters. The van der Waals surface area contributed by atoms with Crippen molar-refractivity contribution in [1.82, 2.24) is 5.48 Å². The zero-order valence-corrected chi connectivity index (χ0v) is 28.3. The van der Waals surface area contributed by atoms with Gasteiger partial charge in [0.05, 0.1) is 0 Å². The Morgan fingerprint density at radius 2 is 1.60 bits per heavy atom. The van der Waals surface area contributed by atoms with Crippen LogP contribution in [0, 0.1) is 0 Å². The molecule has 0 spiro atoms. The topological polar surface area (TPSA) is 123 Å². The number of hydroxylamine groups is 1. The molecule has 1 aliphatic heterocycles. The average molecular weight is 714 g/mol. The molecule has 4 aromatic carbocycles. The molecule has 0 bridgehead atoms. The van der Waals surface area contributed by atoms with Gasteiger partial charge in [0.25, 0.3) is 0 Å². The molecule has 0 fully saturated rings. The summed E-state index contributed by atoms with van der Waals surface area (Å²) in [7, 11) is -6.10.